The summed E-state index contributed by atoms with van der Waals surface area (Å²) < 4.78 is 2.25. The molecule has 0 aliphatic rings. The maximum atomic E-state index is 10.2. The van der Waals surface area contributed by atoms with Crippen LogP contribution >= 0.6 is 0 Å². The van der Waals surface area contributed by atoms with Gasteiger partial charge in [0.15, 0.2) is 5.82 Å². The molecular formula is C32H33N5. The van der Waals surface area contributed by atoms with Crippen molar-refractivity contribution in [1.29, 1.82) is 5.26 Å². The summed E-state index contributed by atoms with van der Waals surface area (Å²) in [4.78, 5) is 13.5. The third kappa shape index (κ3) is 4.38. The van der Waals surface area contributed by atoms with Crippen LogP contribution in [0.4, 0.5) is 0 Å². The zero-order valence-electron chi connectivity index (χ0n) is 22.9. The van der Waals surface area contributed by atoms with Crippen LogP contribution in [0, 0.1) is 25.2 Å². The van der Waals surface area contributed by atoms with Crippen molar-refractivity contribution >= 4 is 21.8 Å². The summed E-state index contributed by atoms with van der Waals surface area (Å²) >= 11 is 0. The van der Waals surface area contributed by atoms with E-state index in [2.05, 4.69) is 104 Å². The molecule has 37 heavy (non-hydrogen) atoms. The summed E-state index contributed by atoms with van der Waals surface area (Å²) in [6.45, 7) is 17.1. The van der Waals surface area contributed by atoms with Crippen LogP contribution in [0.3, 0.4) is 0 Å². The van der Waals surface area contributed by atoms with Crippen LogP contribution in [0.1, 0.15) is 69.9 Å². The maximum Gasteiger partial charge on any atom is 0.163 e. The minimum atomic E-state index is -0.00805. The molecule has 2 aromatic heterocycles. The summed E-state index contributed by atoms with van der Waals surface area (Å²) in [7, 11) is 0. The van der Waals surface area contributed by atoms with Crippen molar-refractivity contribution in [1.82, 2.24) is 19.5 Å². The van der Waals surface area contributed by atoms with Gasteiger partial charge in [0.25, 0.3) is 0 Å². The molecule has 0 fully saturated rings. The summed E-state index contributed by atoms with van der Waals surface area (Å²) in [5.74, 6) is 1.96. The Morgan fingerprint density at radius 2 is 1.19 bits per heavy atom. The van der Waals surface area contributed by atoms with Crippen LogP contribution in [0.25, 0.3) is 38.9 Å². The highest BCUT2D eigenvalue weighted by Gasteiger charge is 2.22. The van der Waals surface area contributed by atoms with Gasteiger partial charge >= 0.3 is 0 Å². The Labute approximate surface area is 218 Å². The highest BCUT2D eigenvalue weighted by Crippen LogP contribution is 2.38. The average molecular weight is 488 g/mol. The molecule has 0 atom stereocenters. The fourth-order valence-corrected chi connectivity index (χ4v) is 4.91. The van der Waals surface area contributed by atoms with E-state index in [9.17, 15) is 5.26 Å². The largest absolute Gasteiger partial charge is 0.308 e. The van der Waals surface area contributed by atoms with Gasteiger partial charge in [-0.25, -0.2) is 15.0 Å². The first-order valence-corrected chi connectivity index (χ1v) is 12.7. The number of nitriles is 1. The molecule has 0 spiro atoms. The Morgan fingerprint density at radius 3 is 1.65 bits per heavy atom. The Balaban J connectivity index is 1.91. The van der Waals surface area contributed by atoms with Gasteiger partial charge in [-0.15, -0.1) is 0 Å². The normalized spacial score (nSPS) is 12.3. The van der Waals surface area contributed by atoms with E-state index in [-0.39, 0.29) is 10.8 Å². The first-order valence-electron chi connectivity index (χ1n) is 12.7. The molecule has 0 saturated carbocycles. The molecule has 0 saturated heterocycles. The molecule has 3 aromatic carbocycles. The van der Waals surface area contributed by atoms with E-state index < -0.39 is 0 Å². The molecule has 0 aliphatic heterocycles. The Hall–Kier alpha value is -4.04. The Bertz CT molecular complexity index is 1630. The van der Waals surface area contributed by atoms with Crippen LogP contribution in [-0.2, 0) is 10.8 Å². The molecule has 2 heterocycles. The van der Waals surface area contributed by atoms with Gasteiger partial charge in [-0.05, 0) is 66.1 Å². The summed E-state index contributed by atoms with van der Waals surface area (Å²) in [6.07, 6.45) is 0. The van der Waals surface area contributed by atoms with Gasteiger partial charge in [0.05, 0.1) is 22.3 Å². The van der Waals surface area contributed by atoms with Crippen molar-refractivity contribution in [2.45, 2.75) is 66.2 Å². The van der Waals surface area contributed by atoms with Gasteiger partial charge in [0.2, 0.25) is 0 Å². The summed E-state index contributed by atoms with van der Waals surface area (Å²) in [5, 5.41) is 12.5. The predicted molar refractivity (Wildman–Crippen MR) is 151 cm³/mol. The molecule has 0 bridgehead atoms. The first-order chi connectivity index (χ1) is 17.4. The second kappa shape index (κ2) is 8.52. The molecular weight excluding hydrogens is 454 g/mol. The van der Waals surface area contributed by atoms with E-state index in [1.807, 2.05) is 32.0 Å². The van der Waals surface area contributed by atoms with Gasteiger partial charge < -0.3 is 4.57 Å². The second-order valence-electron chi connectivity index (χ2n) is 11.9. The van der Waals surface area contributed by atoms with Crippen molar-refractivity contribution in [3.05, 3.63) is 82.9 Å². The second-order valence-corrected chi connectivity index (χ2v) is 11.9. The maximum absolute atomic E-state index is 10.2. The highest BCUT2D eigenvalue weighted by molar-refractivity contribution is 6.10. The van der Waals surface area contributed by atoms with Gasteiger partial charge in [0, 0.05) is 16.3 Å². The van der Waals surface area contributed by atoms with E-state index in [1.54, 1.807) is 0 Å². The van der Waals surface area contributed by atoms with E-state index in [0.29, 0.717) is 23.0 Å². The number of rotatable bonds is 2. The minimum absolute atomic E-state index is 0.00805. The van der Waals surface area contributed by atoms with E-state index in [1.165, 1.54) is 21.9 Å². The molecule has 0 radical (unpaired) electrons. The van der Waals surface area contributed by atoms with Crippen LogP contribution in [-0.4, -0.2) is 19.5 Å². The molecule has 0 amide bonds. The standard InChI is InChI=1S/C32H33N5/c1-19-34-20(2)36-30(35-19)21-9-10-22(18-33)27(15-21)37-28-16-23(31(3,4)5)11-13-25(28)26-14-12-24(17-29(26)37)32(6,7)8/h9-17H,1-8H3. The van der Waals surface area contributed by atoms with E-state index >= 15 is 0 Å². The average Bonchev–Trinajstić information content (AvgIpc) is 3.15. The molecule has 0 N–H and O–H groups in total. The molecule has 5 aromatic rings. The summed E-state index contributed by atoms with van der Waals surface area (Å²) in [5.41, 5.74) is 6.95. The van der Waals surface area contributed by atoms with Gasteiger partial charge in [0.1, 0.15) is 17.7 Å². The molecule has 186 valence electrons. The van der Waals surface area contributed by atoms with Gasteiger partial charge in [-0.1, -0.05) is 65.8 Å². The molecule has 0 aliphatic carbocycles. The number of hydrogen-bond acceptors (Lipinski definition) is 4. The Kier molecular flexibility index (Phi) is 5.68. The quantitative estimate of drug-likeness (QED) is 0.256. The first kappa shape index (κ1) is 24.6. The van der Waals surface area contributed by atoms with Crippen molar-refractivity contribution in [3.8, 4) is 23.1 Å². The van der Waals surface area contributed by atoms with Gasteiger partial charge in [-0.2, -0.15) is 5.26 Å². The zero-order chi connectivity index (χ0) is 26.7. The third-order valence-corrected chi connectivity index (χ3v) is 6.98. The monoisotopic (exact) mass is 487 g/mol. The lowest BCUT2D eigenvalue weighted by Crippen LogP contribution is -2.11. The highest BCUT2D eigenvalue weighted by atomic mass is 15.0. The number of aryl methyl sites for hydroxylation is 2. The van der Waals surface area contributed by atoms with Crippen molar-refractivity contribution in [2.24, 2.45) is 0 Å². The number of hydrogen-bond donors (Lipinski definition) is 0. The third-order valence-electron chi connectivity index (χ3n) is 6.98. The number of fused-ring (bicyclic) bond motifs is 3. The lowest BCUT2D eigenvalue weighted by molar-refractivity contribution is 0.591. The topological polar surface area (TPSA) is 67.4 Å². The fraction of sp³-hybridized carbons (Fsp3) is 0.312. The lowest BCUT2D eigenvalue weighted by atomic mass is 9.86. The van der Waals surface area contributed by atoms with Crippen molar-refractivity contribution in [3.63, 3.8) is 0 Å². The lowest BCUT2D eigenvalue weighted by Gasteiger charge is -2.20. The van der Waals surface area contributed by atoms with Crippen LogP contribution in [0.2, 0.25) is 0 Å². The van der Waals surface area contributed by atoms with E-state index in [4.69, 9.17) is 0 Å². The number of nitrogens with zero attached hydrogens (tertiary/aromatic N) is 5. The molecule has 5 nitrogen and oxygen atoms in total. The predicted octanol–water partition coefficient (Wildman–Crippen LogP) is 7.72. The van der Waals surface area contributed by atoms with Crippen LogP contribution in [0.5, 0.6) is 0 Å². The number of benzene rings is 3. The van der Waals surface area contributed by atoms with Gasteiger partial charge in [-0.3, -0.25) is 0 Å². The smallest absolute Gasteiger partial charge is 0.163 e. The zero-order valence-corrected chi connectivity index (χ0v) is 22.9. The fourth-order valence-electron chi connectivity index (χ4n) is 4.91. The van der Waals surface area contributed by atoms with Crippen molar-refractivity contribution in [2.75, 3.05) is 0 Å². The molecule has 0 unspecified atom stereocenters. The van der Waals surface area contributed by atoms with Crippen molar-refractivity contribution < 1.29 is 0 Å². The number of aromatic nitrogens is 4. The minimum Gasteiger partial charge on any atom is -0.308 e. The molecule has 5 heteroatoms. The van der Waals surface area contributed by atoms with E-state index in [0.717, 1.165) is 22.3 Å². The van der Waals surface area contributed by atoms with Crippen LogP contribution < -0.4 is 0 Å². The Morgan fingerprint density at radius 1 is 0.676 bits per heavy atom. The van der Waals surface area contributed by atoms with Crippen LogP contribution in [0.15, 0.2) is 54.6 Å². The SMILES string of the molecule is Cc1nc(C)nc(-c2ccc(C#N)c(-n3c4cc(C(C)(C)C)ccc4c4ccc(C(C)(C)C)cc43)c2)n1. The summed E-state index contributed by atoms with van der Waals surface area (Å²) in [6, 6.07) is 21.7. The molecule has 5 rings (SSSR count).